The van der Waals surface area contributed by atoms with Crippen LogP contribution >= 0.6 is 0 Å². The Bertz CT molecular complexity index is 830. The number of nitrogens with one attached hydrogen (secondary N) is 1. The second-order valence-electron chi connectivity index (χ2n) is 5.25. The van der Waals surface area contributed by atoms with Gasteiger partial charge in [-0.15, -0.1) is 0 Å². The van der Waals surface area contributed by atoms with Crippen LogP contribution in [-0.2, 0) is 0 Å². The van der Waals surface area contributed by atoms with Gasteiger partial charge in [-0.25, -0.2) is 0 Å². The van der Waals surface area contributed by atoms with Gasteiger partial charge in [0.25, 0.3) is 0 Å². The fraction of sp³-hybridized carbons (Fsp3) is 0.158. The zero-order valence-electron chi connectivity index (χ0n) is 13.0. The number of benzene rings is 2. The van der Waals surface area contributed by atoms with Crippen molar-refractivity contribution in [2.75, 3.05) is 19.0 Å². The third kappa shape index (κ3) is 3.66. The number of Topliss-reactive ketones (excluding diaryl/α,β-unsaturated/α-hetero) is 1. The van der Waals surface area contributed by atoms with Gasteiger partial charge >= 0.3 is 0 Å². The molecule has 3 rings (SSSR count). The van der Waals surface area contributed by atoms with Crippen LogP contribution in [-0.4, -0.2) is 24.4 Å². The quantitative estimate of drug-likeness (QED) is 0.701. The van der Waals surface area contributed by atoms with Crippen LogP contribution in [0.5, 0.6) is 5.75 Å². The summed E-state index contributed by atoms with van der Waals surface area (Å²) in [6.45, 7) is 0.566. The summed E-state index contributed by atoms with van der Waals surface area (Å²) in [4.78, 5) is 16.6. The van der Waals surface area contributed by atoms with Crippen molar-refractivity contribution in [1.29, 1.82) is 0 Å². The number of carbonyl (C=O) groups excluding carboxylic acids is 1. The number of aromatic nitrogens is 1. The van der Waals surface area contributed by atoms with Gasteiger partial charge in [-0.05, 0) is 24.3 Å². The summed E-state index contributed by atoms with van der Waals surface area (Å²) < 4.78 is 5.14. The first-order chi connectivity index (χ1) is 11.3. The van der Waals surface area contributed by atoms with Crippen molar-refractivity contribution in [1.82, 2.24) is 4.98 Å². The molecule has 2 aromatic carbocycles. The maximum Gasteiger partial charge on any atom is 0.164 e. The normalized spacial score (nSPS) is 10.5. The molecule has 1 heterocycles. The number of fused-ring (bicyclic) bond motifs is 1. The molecule has 0 spiro atoms. The first-order valence-electron chi connectivity index (χ1n) is 7.52. The molecule has 0 amide bonds. The molecule has 0 aliphatic heterocycles. The Balaban J connectivity index is 1.60. The standard InChI is InChI=1S/C19H18N2O2/c1-23-17-7-4-6-15(12-17)19(22)9-10-20-16-11-14-5-2-3-8-18(14)21-13-16/h2-8,11-13,20H,9-10H2,1H3. The van der Waals surface area contributed by atoms with E-state index in [4.69, 9.17) is 4.74 Å². The van der Waals surface area contributed by atoms with Crippen molar-refractivity contribution in [3.63, 3.8) is 0 Å². The summed E-state index contributed by atoms with van der Waals surface area (Å²) in [6, 6.07) is 17.2. The lowest BCUT2D eigenvalue weighted by atomic mass is 10.1. The molecule has 0 saturated carbocycles. The third-order valence-electron chi connectivity index (χ3n) is 3.66. The Morgan fingerprint density at radius 3 is 2.87 bits per heavy atom. The molecule has 0 aliphatic carbocycles. The fourth-order valence-electron chi connectivity index (χ4n) is 2.43. The second kappa shape index (κ2) is 6.92. The number of ether oxygens (including phenoxy) is 1. The van der Waals surface area contributed by atoms with Gasteiger partial charge in [0.2, 0.25) is 0 Å². The minimum atomic E-state index is 0.0881. The van der Waals surface area contributed by atoms with Crippen LogP contribution in [0.4, 0.5) is 5.69 Å². The van der Waals surface area contributed by atoms with Gasteiger partial charge in [0.15, 0.2) is 5.78 Å². The summed E-state index contributed by atoms with van der Waals surface area (Å²) in [7, 11) is 1.60. The van der Waals surface area contributed by atoms with Gasteiger partial charge in [-0.2, -0.15) is 0 Å². The number of methoxy groups -OCH3 is 1. The third-order valence-corrected chi connectivity index (χ3v) is 3.66. The number of rotatable bonds is 6. The summed E-state index contributed by atoms with van der Waals surface area (Å²) in [6.07, 6.45) is 2.21. The van der Waals surface area contributed by atoms with Crippen LogP contribution in [0.15, 0.2) is 60.8 Å². The SMILES string of the molecule is COc1cccc(C(=O)CCNc2cnc3ccccc3c2)c1. The Labute approximate surface area is 135 Å². The molecule has 116 valence electrons. The van der Waals surface area contributed by atoms with Crippen molar-refractivity contribution < 1.29 is 9.53 Å². The van der Waals surface area contributed by atoms with E-state index in [1.807, 2.05) is 48.5 Å². The van der Waals surface area contributed by atoms with Gasteiger partial charge in [0.1, 0.15) is 5.75 Å². The smallest absolute Gasteiger partial charge is 0.164 e. The Kier molecular flexibility index (Phi) is 4.52. The van der Waals surface area contributed by atoms with E-state index in [1.54, 1.807) is 19.4 Å². The molecule has 3 aromatic rings. The van der Waals surface area contributed by atoms with Gasteiger partial charge in [0, 0.05) is 23.9 Å². The molecular formula is C19H18N2O2. The zero-order valence-corrected chi connectivity index (χ0v) is 13.0. The van der Waals surface area contributed by atoms with E-state index in [1.165, 1.54) is 0 Å². The van der Waals surface area contributed by atoms with Crippen LogP contribution in [0.1, 0.15) is 16.8 Å². The maximum atomic E-state index is 12.2. The molecule has 0 saturated heterocycles. The molecule has 0 atom stereocenters. The highest BCUT2D eigenvalue weighted by Crippen LogP contribution is 2.17. The minimum Gasteiger partial charge on any atom is -0.497 e. The van der Waals surface area contributed by atoms with Gasteiger partial charge in [-0.1, -0.05) is 30.3 Å². The predicted molar refractivity (Wildman–Crippen MR) is 92.2 cm³/mol. The molecule has 4 nitrogen and oxygen atoms in total. The first-order valence-corrected chi connectivity index (χ1v) is 7.52. The van der Waals surface area contributed by atoms with E-state index < -0.39 is 0 Å². The summed E-state index contributed by atoms with van der Waals surface area (Å²) in [5.74, 6) is 0.785. The van der Waals surface area contributed by atoms with Crippen LogP contribution in [0.3, 0.4) is 0 Å². The summed E-state index contributed by atoms with van der Waals surface area (Å²) >= 11 is 0. The van der Waals surface area contributed by atoms with E-state index in [9.17, 15) is 4.79 Å². The molecule has 1 aromatic heterocycles. The molecule has 1 N–H and O–H groups in total. The highest BCUT2D eigenvalue weighted by atomic mass is 16.5. The number of ketones is 1. The molecule has 0 bridgehead atoms. The lowest BCUT2D eigenvalue weighted by Gasteiger charge is -2.07. The van der Waals surface area contributed by atoms with Crippen molar-refractivity contribution in [3.8, 4) is 5.75 Å². The lowest BCUT2D eigenvalue weighted by Crippen LogP contribution is -2.09. The van der Waals surface area contributed by atoms with Gasteiger partial charge in [-0.3, -0.25) is 9.78 Å². The van der Waals surface area contributed by atoms with Crippen molar-refractivity contribution >= 4 is 22.4 Å². The molecular weight excluding hydrogens is 288 g/mol. The Morgan fingerprint density at radius 1 is 1.13 bits per heavy atom. The predicted octanol–water partition coefficient (Wildman–Crippen LogP) is 3.93. The van der Waals surface area contributed by atoms with Crippen molar-refractivity contribution in [3.05, 3.63) is 66.4 Å². The van der Waals surface area contributed by atoms with Crippen molar-refractivity contribution in [2.24, 2.45) is 0 Å². The highest BCUT2D eigenvalue weighted by Gasteiger charge is 2.06. The zero-order chi connectivity index (χ0) is 16.1. The summed E-state index contributed by atoms with van der Waals surface area (Å²) in [5.41, 5.74) is 2.55. The van der Waals surface area contributed by atoms with E-state index in [0.717, 1.165) is 16.6 Å². The number of nitrogens with zero attached hydrogens (tertiary/aromatic N) is 1. The van der Waals surface area contributed by atoms with E-state index in [2.05, 4.69) is 10.3 Å². The van der Waals surface area contributed by atoms with Crippen molar-refractivity contribution in [2.45, 2.75) is 6.42 Å². The summed E-state index contributed by atoms with van der Waals surface area (Å²) in [5, 5.41) is 4.33. The molecule has 0 aliphatic rings. The first kappa shape index (κ1) is 15.0. The Hall–Kier alpha value is -2.88. The van der Waals surface area contributed by atoms with Gasteiger partial charge < -0.3 is 10.1 Å². The monoisotopic (exact) mass is 306 g/mol. The second-order valence-corrected chi connectivity index (χ2v) is 5.25. The lowest BCUT2D eigenvalue weighted by molar-refractivity contribution is 0.0986. The molecule has 0 fully saturated rings. The molecule has 0 radical (unpaired) electrons. The van der Waals surface area contributed by atoms with E-state index in [-0.39, 0.29) is 5.78 Å². The topological polar surface area (TPSA) is 51.2 Å². The molecule has 23 heavy (non-hydrogen) atoms. The van der Waals surface area contributed by atoms with Crippen LogP contribution in [0.25, 0.3) is 10.9 Å². The fourth-order valence-corrected chi connectivity index (χ4v) is 2.43. The number of para-hydroxylation sites is 1. The number of hydrogen-bond donors (Lipinski definition) is 1. The maximum absolute atomic E-state index is 12.2. The number of pyridine rings is 1. The van der Waals surface area contributed by atoms with E-state index >= 15 is 0 Å². The number of hydrogen-bond acceptors (Lipinski definition) is 4. The van der Waals surface area contributed by atoms with Crippen LogP contribution in [0.2, 0.25) is 0 Å². The van der Waals surface area contributed by atoms with Crippen LogP contribution < -0.4 is 10.1 Å². The number of anilines is 1. The van der Waals surface area contributed by atoms with Crippen LogP contribution in [0, 0.1) is 0 Å². The average molecular weight is 306 g/mol. The van der Waals surface area contributed by atoms with E-state index in [0.29, 0.717) is 24.3 Å². The largest absolute Gasteiger partial charge is 0.497 e. The molecule has 4 heteroatoms. The average Bonchev–Trinajstić information content (AvgIpc) is 2.61. The number of carbonyl (C=O) groups is 1. The minimum absolute atomic E-state index is 0.0881. The molecule has 0 unspecified atom stereocenters. The Morgan fingerprint density at radius 2 is 2.00 bits per heavy atom. The highest BCUT2D eigenvalue weighted by molar-refractivity contribution is 5.96. The van der Waals surface area contributed by atoms with Gasteiger partial charge in [0.05, 0.1) is 24.5 Å².